The number of nitriles is 1. The van der Waals surface area contributed by atoms with E-state index in [0.717, 1.165) is 25.0 Å². The summed E-state index contributed by atoms with van der Waals surface area (Å²) in [5.74, 6) is -1.32. The van der Waals surface area contributed by atoms with E-state index in [1.165, 1.54) is 19.3 Å². The highest BCUT2D eigenvalue weighted by molar-refractivity contribution is 5.34. The van der Waals surface area contributed by atoms with Crippen LogP contribution < -0.4 is 5.32 Å². The highest BCUT2D eigenvalue weighted by Crippen LogP contribution is 2.15. The molecule has 1 atom stereocenters. The average Bonchev–Trinajstić information content (AvgIpc) is 2.42. The molecule has 0 heterocycles. The van der Waals surface area contributed by atoms with E-state index < -0.39 is 11.6 Å². The molecule has 0 aliphatic rings. The van der Waals surface area contributed by atoms with Crippen molar-refractivity contribution in [2.45, 2.75) is 58.5 Å². The predicted octanol–water partition coefficient (Wildman–Crippen LogP) is 4.28. The largest absolute Gasteiger partial charge is 0.310 e. The Morgan fingerprint density at radius 1 is 1.20 bits per heavy atom. The Morgan fingerprint density at radius 2 is 1.85 bits per heavy atom. The quantitative estimate of drug-likeness (QED) is 0.721. The first-order chi connectivity index (χ1) is 9.58. The molecule has 0 bridgehead atoms. The lowest BCUT2D eigenvalue weighted by Crippen LogP contribution is -2.26. The van der Waals surface area contributed by atoms with Crippen LogP contribution >= 0.6 is 0 Å². The number of nitrogens with one attached hydrogen (secondary N) is 1. The number of benzene rings is 1. The van der Waals surface area contributed by atoms with Crippen molar-refractivity contribution < 1.29 is 8.78 Å². The third-order valence-corrected chi connectivity index (χ3v) is 3.39. The van der Waals surface area contributed by atoms with Gasteiger partial charge in [0.15, 0.2) is 0 Å². The van der Waals surface area contributed by atoms with E-state index in [0.29, 0.717) is 0 Å². The molecule has 2 nitrogen and oxygen atoms in total. The van der Waals surface area contributed by atoms with Crippen LogP contribution in [0.15, 0.2) is 12.1 Å². The maximum atomic E-state index is 13.7. The van der Waals surface area contributed by atoms with Gasteiger partial charge in [-0.3, -0.25) is 0 Å². The fourth-order valence-corrected chi connectivity index (χ4v) is 2.09. The summed E-state index contributed by atoms with van der Waals surface area (Å²) >= 11 is 0. The average molecular weight is 280 g/mol. The summed E-state index contributed by atoms with van der Waals surface area (Å²) in [7, 11) is 0. The van der Waals surface area contributed by atoms with Crippen molar-refractivity contribution in [3.63, 3.8) is 0 Å². The second-order valence-electron chi connectivity index (χ2n) is 5.16. The van der Waals surface area contributed by atoms with Crippen LogP contribution in [0.4, 0.5) is 8.78 Å². The Hall–Kier alpha value is -1.47. The number of unbranched alkanes of at least 4 members (excludes halogenated alkanes) is 3. The molecular weight excluding hydrogens is 258 g/mol. The highest BCUT2D eigenvalue weighted by atomic mass is 19.1. The summed E-state index contributed by atoms with van der Waals surface area (Å²) in [6.45, 7) is 4.34. The first-order valence-corrected chi connectivity index (χ1v) is 7.19. The summed E-state index contributed by atoms with van der Waals surface area (Å²) < 4.78 is 27.3. The summed E-state index contributed by atoms with van der Waals surface area (Å²) in [4.78, 5) is 0. The number of rotatable bonds is 8. The third kappa shape index (κ3) is 5.26. The van der Waals surface area contributed by atoms with Crippen molar-refractivity contribution in [3.05, 3.63) is 34.9 Å². The smallest absolute Gasteiger partial charge is 0.131 e. The van der Waals surface area contributed by atoms with Crippen molar-refractivity contribution in [1.82, 2.24) is 5.32 Å². The van der Waals surface area contributed by atoms with Crippen molar-refractivity contribution in [2.75, 3.05) is 0 Å². The summed E-state index contributed by atoms with van der Waals surface area (Å²) in [6, 6.07) is 4.11. The molecular formula is C16H22F2N2. The standard InChI is InChI=1S/C16H22F2N2/c1-3-4-5-6-7-12(2)20-11-14-15(17)8-13(10-19)9-16(14)18/h8-9,12,20H,3-7,11H2,1-2H3. The van der Waals surface area contributed by atoms with Gasteiger partial charge in [0.2, 0.25) is 0 Å². The molecule has 0 aliphatic heterocycles. The number of halogens is 2. The Labute approximate surface area is 119 Å². The molecule has 0 radical (unpaired) electrons. The van der Waals surface area contributed by atoms with Crippen LogP contribution in [-0.4, -0.2) is 6.04 Å². The van der Waals surface area contributed by atoms with Crippen LogP contribution in [-0.2, 0) is 6.54 Å². The molecule has 1 aromatic rings. The Balaban J connectivity index is 2.47. The van der Waals surface area contributed by atoms with E-state index in [2.05, 4.69) is 12.2 Å². The highest BCUT2D eigenvalue weighted by Gasteiger charge is 2.12. The van der Waals surface area contributed by atoms with Gasteiger partial charge in [-0.25, -0.2) is 8.78 Å². The first kappa shape index (κ1) is 16.6. The van der Waals surface area contributed by atoms with Gasteiger partial charge in [0.05, 0.1) is 11.6 Å². The third-order valence-electron chi connectivity index (χ3n) is 3.39. The van der Waals surface area contributed by atoms with Gasteiger partial charge in [0, 0.05) is 18.2 Å². The molecule has 0 fully saturated rings. The van der Waals surface area contributed by atoms with Gasteiger partial charge in [-0.1, -0.05) is 32.6 Å². The van der Waals surface area contributed by atoms with E-state index in [-0.39, 0.29) is 23.7 Å². The predicted molar refractivity (Wildman–Crippen MR) is 76.1 cm³/mol. The van der Waals surface area contributed by atoms with E-state index in [9.17, 15) is 8.78 Å². The molecule has 20 heavy (non-hydrogen) atoms. The van der Waals surface area contributed by atoms with Gasteiger partial charge in [0.1, 0.15) is 11.6 Å². The second-order valence-corrected chi connectivity index (χ2v) is 5.16. The lowest BCUT2D eigenvalue weighted by molar-refractivity contribution is 0.463. The molecule has 0 saturated carbocycles. The fourth-order valence-electron chi connectivity index (χ4n) is 2.09. The number of hydrogen-bond donors (Lipinski definition) is 1. The van der Waals surface area contributed by atoms with Gasteiger partial charge in [-0.2, -0.15) is 5.26 Å². The zero-order chi connectivity index (χ0) is 15.0. The van der Waals surface area contributed by atoms with Gasteiger partial charge in [0.25, 0.3) is 0 Å². The molecule has 0 aromatic heterocycles. The van der Waals surface area contributed by atoms with Crippen LogP contribution in [0.2, 0.25) is 0 Å². The molecule has 1 rings (SSSR count). The Morgan fingerprint density at radius 3 is 2.40 bits per heavy atom. The minimum absolute atomic E-state index is 0.00408. The molecule has 4 heteroatoms. The first-order valence-electron chi connectivity index (χ1n) is 7.19. The maximum Gasteiger partial charge on any atom is 0.131 e. The normalized spacial score (nSPS) is 12.2. The SMILES string of the molecule is CCCCCCC(C)NCc1c(F)cc(C#N)cc1F. The van der Waals surface area contributed by atoms with Gasteiger partial charge in [-0.05, 0) is 25.5 Å². The number of hydrogen-bond acceptors (Lipinski definition) is 2. The minimum atomic E-state index is -0.660. The van der Waals surface area contributed by atoms with Crippen LogP contribution in [0.3, 0.4) is 0 Å². The van der Waals surface area contributed by atoms with E-state index in [4.69, 9.17) is 5.26 Å². The topological polar surface area (TPSA) is 35.8 Å². The Bertz CT molecular complexity index is 443. The molecule has 110 valence electrons. The van der Waals surface area contributed by atoms with Crippen LogP contribution in [0.5, 0.6) is 0 Å². The van der Waals surface area contributed by atoms with Gasteiger partial charge < -0.3 is 5.32 Å². The maximum absolute atomic E-state index is 13.7. The molecule has 1 N–H and O–H groups in total. The van der Waals surface area contributed by atoms with Crippen LogP contribution in [0, 0.1) is 23.0 Å². The zero-order valence-electron chi connectivity index (χ0n) is 12.2. The Kier molecular flexibility index (Phi) is 7.17. The molecule has 0 saturated heterocycles. The minimum Gasteiger partial charge on any atom is -0.310 e. The molecule has 0 aliphatic carbocycles. The van der Waals surface area contributed by atoms with Crippen molar-refractivity contribution in [3.8, 4) is 6.07 Å². The lowest BCUT2D eigenvalue weighted by Gasteiger charge is -2.14. The van der Waals surface area contributed by atoms with Crippen molar-refractivity contribution in [1.29, 1.82) is 5.26 Å². The van der Waals surface area contributed by atoms with E-state index in [1.54, 1.807) is 6.07 Å². The molecule has 1 aromatic carbocycles. The molecule has 0 amide bonds. The monoisotopic (exact) mass is 280 g/mol. The molecule has 0 spiro atoms. The fraction of sp³-hybridized carbons (Fsp3) is 0.562. The van der Waals surface area contributed by atoms with Gasteiger partial charge in [-0.15, -0.1) is 0 Å². The van der Waals surface area contributed by atoms with Gasteiger partial charge >= 0.3 is 0 Å². The van der Waals surface area contributed by atoms with Crippen LogP contribution in [0.25, 0.3) is 0 Å². The van der Waals surface area contributed by atoms with Crippen molar-refractivity contribution >= 4 is 0 Å². The van der Waals surface area contributed by atoms with Crippen molar-refractivity contribution in [2.24, 2.45) is 0 Å². The van der Waals surface area contributed by atoms with E-state index in [1.807, 2.05) is 6.92 Å². The molecule has 1 unspecified atom stereocenters. The summed E-state index contributed by atoms with van der Waals surface area (Å²) in [6.07, 6.45) is 5.75. The van der Waals surface area contributed by atoms with E-state index >= 15 is 0 Å². The summed E-state index contributed by atoms with van der Waals surface area (Å²) in [5.41, 5.74) is 0.0146. The van der Waals surface area contributed by atoms with Crippen LogP contribution in [0.1, 0.15) is 57.1 Å². The zero-order valence-corrected chi connectivity index (χ0v) is 12.2. The lowest BCUT2D eigenvalue weighted by atomic mass is 10.1. The second kappa shape index (κ2) is 8.65. The number of nitrogens with zero attached hydrogens (tertiary/aromatic N) is 1. The summed E-state index contributed by atoms with van der Waals surface area (Å²) in [5, 5.41) is 11.8.